The minimum Gasteiger partial charge on any atom is -0.370 e. The summed E-state index contributed by atoms with van der Waals surface area (Å²) in [5, 5.41) is 3.01. The number of alkyl halides is 3. The molecule has 1 amide bonds. The highest BCUT2D eigenvalue weighted by atomic mass is 32.1. The van der Waals surface area contributed by atoms with E-state index in [9.17, 15) is 18.0 Å². The van der Waals surface area contributed by atoms with E-state index in [0.29, 0.717) is 32.5 Å². The van der Waals surface area contributed by atoms with Crippen LogP contribution in [0.1, 0.15) is 56.9 Å². The van der Waals surface area contributed by atoms with Gasteiger partial charge in [-0.25, -0.2) is 4.98 Å². The van der Waals surface area contributed by atoms with Crippen LogP contribution in [-0.2, 0) is 9.53 Å². The van der Waals surface area contributed by atoms with Gasteiger partial charge < -0.3 is 9.64 Å². The lowest BCUT2D eigenvalue weighted by molar-refractivity contribution is -0.143. The van der Waals surface area contributed by atoms with Gasteiger partial charge in [0.1, 0.15) is 5.01 Å². The molecule has 150 valence electrons. The molecule has 0 aromatic carbocycles. The van der Waals surface area contributed by atoms with Gasteiger partial charge >= 0.3 is 6.18 Å². The second kappa shape index (κ2) is 8.31. The Hall–Kier alpha value is -1.41. The molecule has 0 atom stereocenters. The summed E-state index contributed by atoms with van der Waals surface area (Å²) in [6, 6.07) is 0. The van der Waals surface area contributed by atoms with E-state index in [0.717, 1.165) is 17.8 Å². The first-order valence-electron chi connectivity index (χ1n) is 9.41. The number of hydrogen-bond acceptors (Lipinski definition) is 4. The number of likely N-dealkylation sites (tertiary alicyclic amines) is 1. The molecule has 0 N–H and O–H groups in total. The number of thiazole rings is 1. The fourth-order valence-electron chi connectivity index (χ4n) is 3.82. The zero-order chi connectivity index (χ0) is 19.5. The molecule has 4 nitrogen and oxygen atoms in total. The molecule has 0 saturated carbocycles. The number of amides is 1. The van der Waals surface area contributed by atoms with Crippen molar-refractivity contribution in [1.82, 2.24) is 9.88 Å². The van der Waals surface area contributed by atoms with Crippen LogP contribution in [0, 0.1) is 0 Å². The number of piperidine rings is 1. The van der Waals surface area contributed by atoms with Gasteiger partial charge in [-0.15, -0.1) is 11.3 Å². The van der Waals surface area contributed by atoms with E-state index >= 15 is 0 Å². The summed E-state index contributed by atoms with van der Waals surface area (Å²) in [6.45, 7) is 3.78. The Morgan fingerprint density at radius 3 is 2.70 bits per heavy atom. The Morgan fingerprint density at radius 1 is 1.37 bits per heavy atom. The van der Waals surface area contributed by atoms with Crippen LogP contribution in [0.2, 0.25) is 0 Å². The molecule has 2 aliphatic rings. The minimum absolute atomic E-state index is 0.0440. The third-order valence-electron chi connectivity index (χ3n) is 5.47. The van der Waals surface area contributed by atoms with Crippen molar-refractivity contribution >= 4 is 22.8 Å². The summed E-state index contributed by atoms with van der Waals surface area (Å²) in [5.74, 6) is -0.185. The molecule has 27 heavy (non-hydrogen) atoms. The molecule has 1 fully saturated rings. The van der Waals surface area contributed by atoms with Crippen molar-refractivity contribution in [3.8, 4) is 0 Å². The molecule has 1 spiro atoms. The number of carbonyl (C=O) groups is 1. The molecule has 3 heterocycles. The monoisotopic (exact) mass is 402 g/mol. The van der Waals surface area contributed by atoms with Crippen LogP contribution in [0.5, 0.6) is 0 Å². The lowest BCUT2D eigenvalue weighted by atomic mass is 9.81. The molecule has 1 aromatic heterocycles. The van der Waals surface area contributed by atoms with E-state index in [-0.39, 0.29) is 24.3 Å². The number of aromatic nitrogens is 1. The van der Waals surface area contributed by atoms with Crippen LogP contribution in [0.3, 0.4) is 0 Å². The minimum atomic E-state index is -4.20. The Bertz CT molecular complexity index is 678. The van der Waals surface area contributed by atoms with Gasteiger partial charge in [-0.1, -0.05) is 6.92 Å². The first-order chi connectivity index (χ1) is 12.8. The SMILES string of the molecule is CCC1=C(c2nccs2)CC2(CCN(C(=O)CCCC(F)(F)F)CC2)OC1. The van der Waals surface area contributed by atoms with Crippen molar-refractivity contribution in [2.24, 2.45) is 0 Å². The molecule has 1 saturated heterocycles. The molecule has 0 aliphatic carbocycles. The van der Waals surface area contributed by atoms with Crippen LogP contribution in [-0.4, -0.2) is 47.3 Å². The molecule has 3 rings (SSSR count). The number of halogens is 3. The van der Waals surface area contributed by atoms with E-state index in [1.165, 1.54) is 11.1 Å². The van der Waals surface area contributed by atoms with Crippen molar-refractivity contribution in [2.45, 2.75) is 63.6 Å². The van der Waals surface area contributed by atoms with E-state index in [2.05, 4.69) is 11.9 Å². The lowest BCUT2D eigenvalue weighted by Gasteiger charge is -2.45. The molecule has 8 heteroatoms. The normalized spacial score (nSPS) is 20.4. The van der Waals surface area contributed by atoms with Crippen molar-refractivity contribution in [3.63, 3.8) is 0 Å². The maximum absolute atomic E-state index is 12.3. The summed E-state index contributed by atoms with van der Waals surface area (Å²) in [6.07, 6.45) is -0.332. The van der Waals surface area contributed by atoms with Gasteiger partial charge in [0, 0.05) is 43.9 Å². The number of ether oxygens (including phenoxy) is 1. The number of carbonyl (C=O) groups excluding carboxylic acids is 1. The second-order valence-corrected chi connectivity index (χ2v) is 8.17. The van der Waals surface area contributed by atoms with Gasteiger partial charge in [0.05, 0.1) is 12.2 Å². The summed E-state index contributed by atoms with van der Waals surface area (Å²) in [4.78, 5) is 18.4. The van der Waals surface area contributed by atoms with Gasteiger partial charge in [0.15, 0.2) is 0 Å². The van der Waals surface area contributed by atoms with Gasteiger partial charge in [-0.3, -0.25) is 4.79 Å². The zero-order valence-electron chi connectivity index (χ0n) is 15.5. The maximum atomic E-state index is 12.3. The van der Waals surface area contributed by atoms with Gasteiger partial charge in [-0.2, -0.15) is 13.2 Å². The average Bonchev–Trinajstić information content (AvgIpc) is 3.16. The van der Waals surface area contributed by atoms with E-state index in [1.807, 2.05) is 11.6 Å². The van der Waals surface area contributed by atoms with Crippen molar-refractivity contribution in [1.29, 1.82) is 0 Å². The molecule has 2 aliphatic heterocycles. The highest BCUT2D eigenvalue weighted by Gasteiger charge is 2.41. The predicted molar refractivity (Wildman–Crippen MR) is 98.3 cm³/mol. The third-order valence-corrected chi connectivity index (χ3v) is 6.31. The molecular formula is C19H25F3N2O2S. The van der Waals surface area contributed by atoms with Crippen LogP contribution < -0.4 is 0 Å². The summed E-state index contributed by atoms with van der Waals surface area (Å²) in [7, 11) is 0. The van der Waals surface area contributed by atoms with Crippen LogP contribution in [0.4, 0.5) is 13.2 Å². The second-order valence-electron chi connectivity index (χ2n) is 7.27. The molecular weight excluding hydrogens is 377 g/mol. The fraction of sp³-hybridized carbons (Fsp3) is 0.684. The smallest absolute Gasteiger partial charge is 0.370 e. The number of hydrogen-bond donors (Lipinski definition) is 0. The van der Waals surface area contributed by atoms with Gasteiger partial charge in [0.25, 0.3) is 0 Å². The van der Waals surface area contributed by atoms with Gasteiger partial charge in [0.2, 0.25) is 5.91 Å². The first kappa shape index (κ1) is 20.3. The molecule has 0 bridgehead atoms. The number of rotatable bonds is 5. The standard InChI is InChI=1S/C19H25F3N2O2S/c1-2-14-13-26-18(12-15(14)17-23-8-11-27-17)6-9-24(10-7-18)16(25)4-3-5-19(20,21)22/h8,11H,2-7,9-10,12-13H2,1H3. The quantitative estimate of drug-likeness (QED) is 0.709. The fourth-order valence-corrected chi connectivity index (χ4v) is 4.55. The maximum Gasteiger partial charge on any atom is 0.389 e. The lowest BCUT2D eigenvalue weighted by Crippen LogP contribution is -2.49. The third kappa shape index (κ3) is 5.10. The van der Waals surface area contributed by atoms with Crippen LogP contribution in [0.15, 0.2) is 17.2 Å². The Kier molecular flexibility index (Phi) is 6.25. The largest absolute Gasteiger partial charge is 0.389 e. The van der Waals surface area contributed by atoms with E-state index in [4.69, 9.17) is 4.74 Å². The molecule has 0 unspecified atom stereocenters. The van der Waals surface area contributed by atoms with Gasteiger partial charge in [-0.05, 0) is 36.8 Å². The highest BCUT2D eigenvalue weighted by molar-refractivity contribution is 7.10. The Balaban J connectivity index is 1.57. The van der Waals surface area contributed by atoms with Crippen molar-refractivity contribution < 1.29 is 22.7 Å². The molecule has 0 radical (unpaired) electrons. The van der Waals surface area contributed by atoms with Crippen LogP contribution >= 0.6 is 11.3 Å². The predicted octanol–water partition coefficient (Wildman–Crippen LogP) is 4.82. The summed E-state index contributed by atoms with van der Waals surface area (Å²) >= 11 is 1.63. The Labute approximate surface area is 161 Å². The van der Waals surface area contributed by atoms with E-state index < -0.39 is 12.6 Å². The first-order valence-corrected chi connectivity index (χ1v) is 10.3. The number of nitrogens with zero attached hydrogens (tertiary/aromatic N) is 2. The average molecular weight is 402 g/mol. The van der Waals surface area contributed by atoms with Crippen molar-refractivity contribution in [2.75, 3.05) is 19.7 Å². The highest BCUT2D eigenvalue weighted by Crippen LogP contribution is 2.42. The Morgan fingerprint density at radius 2 is 2.11 bits per heavy atom. The summed E-state index contributed by atoms with van der Waals surface area (Å²) in [5.41, 5.74) is 2.26. The van der Waals surface area contributed by atoms with Crippen LogP contribution in [0.25, 0.3) is 5.57 Å². The summed E-state index contributed by atoms with van der Waals surface area (Å²) < 4.78 is 43.0. The van der Waals surface area contributed by atoms with Crippen molar-refractivity contribution in [3.05, 3.63) is 22.2 Å². The van der Waals surface area contributed by atoms with E-state index in [1.54, 1.807) is 16.2 Å². The zero-order valence-corrected chi connectivity index (χ0v) is 16.3. The molecule has 1 aromatic rings. The topological polar surface area (TPSA) is 42.4 Å².